The number of nitrogens with zero attached hydrogens (tertiary/aromatic N) is 4. The summed E-state index contributed by atoms with van der Waals surface area (Å²) in [5, 5.41) is 0.852. The Bertz CT molecular complexity index is 1490. The number of likely N-dealkylation sites (N-methyl/N-ethyl adjacent to an activating group) is 1. The summed E-state index contributed by atoms with van der Waals surface area (Å²) in [4.78, 5) is 25.3. The van der Waals surface area contributed by atoms with Crippen LogP contribution >= 0.6 is 0 Å². The van der Waals surface area contributed by atoms with E-state index in [4.69, 9.17) is 13.9 Å². The minimum Gasteiger partial charge on any atom is -0.484 e. The Hall–Kier alpha value is -3.91. The van der Waals surface area contributed by atoms with Crippen molar-refractivity contribution in [1.82, 2.24) is 14.9 Å². The second kappa shape index (κ2) is 9.19. The third-order valence-corrected chi connectivity index (χ3v) is 7.29. The molecule has 0 spiro atoms. The molecule has 0 N–H and O–H groups in total. The highest BCUT2D eigenvalue weighted by atomic mass is 16.6. The number of benzene rings is 2. The molecule has 0 unspecified atom stereocenters. The number of rotatable bonds is 4. The van der Waals surface area contributed by atoms with E-state index in [2.05, 4.69) is 51.1 Å². The van der Waals surface area contributed by atoms with Gasteiger partial charge in [-0.15, -0.1) is 0 Å². The Balaban J connectivity index is 1.21. The molecular weight excluding hydrogens is 468 g/mol. The van der Waals surface area contributed by atoms with E-state index in [1.54, 1.807) is 18.5 Å². The SMILES string of the molecule is CN1CCN(c2ccc(-c3cc(O[C@H]4Cc5cc6ccc(=O)oc6cc5OC4(C)C)ncn3)cc2)CC1. The van der Waals surface area contributed by atoms with Gasteiger partial charge in [-0.05, 0) is 50.7 Å². The van der Waals surface area contributed by atoms with Crippen LogP contribution in [0.15, 0.2) is 70.1 Å². The van der Waals surface area contributed by atoms with E-state index in [-0.39, 0.29) is 11.7 Å². The van der Waals surface area contributed by atoms with Crippen LogP contribution in [0.25, 0.3) is 22.2 Å². The maximum absolute atomic E-state index is 11.6. The molecule has 0 aliphatic carbocycles. The van der Waals surface area contributed by atoms with Gasteiger partial charge in [-0.3, -0.25) is 0 Å². The zero-order chi connectivity index (χ0) is 25.6. The number of anilines is 1. The summed E-state index contributed by atoms with van der Waals surface area (Å²) < 4.78 is 18.0. The van der Waals surface area contributed by atoms with E-state index in [0.717, 1.165) is 48.4 Å². The minimum absolute atomic E-state index is 0.268. The molecule has 2 aromatic heterocycles. The number of hydrogen-bond donors (Lipinski definition) is 0. The molecule has 1 atom stereocenters. The molecule has 6 rings (SSSR count). The average molecular weight is 499 g/mol. The van der Waals surface area contributed by atoms with Crippen LogP contribution in [0.5, 0.6) is 11.6 Å². The molecule has 2 aromatic carbocycles. The Labute approximate surface area is 215 Å². The van der Waals surface area contributed by atoms with E-state index in [1.807, 2.05) is 26.0 Å². The molecule has 1 saturated heterocycles. The van der Waals surface area contributed by atoms with E-state index >= 15 is 0 Å². The Morgan fingerprint density at radius 1 is 0.973 bits per heavy atom. The molecule has 8 heteroatoms. The topological polar surface area (TPSA) is 80.9 Å². The van der Waals surface area contributed by atoms with Crippen molar-refractivity contribution in [2.24, 2.45) is 0 Å². The van der Waals surface area contributed by atoms with Gasteiger partial charge < -0.3 is 23.7 Å². The van der Waals surface area contributed by atoms with Crippen LogP contribution < -0.4 is 20.0 Å². The first-order chi connectivity index (χ1) is 17.8. The number of hydrogen-bond acceptors (Lipinski definition) is 8. The fourth-order valence-electron chi connectivity index (χ4n) is 4.99. The molecule has 2 aliphatic rings. The highest BCUT2D eigenvalue weighted by Crippen LogP contribution is 2.37. The molecule has 0 bridgehead atoms. The molecule has 2 aliphatic heterocycles. The van der Waals surface area contributed by atoms with Crippen molar-refractivity contribution >= 4 is 16.7 Å². The number of aromatic nitrogens is 2. The number of fused-ring (bicyclic) bond motifs is 2. The molecular formula is C29H30N4O4. The first-order valence-electron chi connectivity index (χ1n) is 12.6. The summed E-state index contributed by atoms with van der Waals surface area (Å²) in [5.74, 6) is 1.21. The molecule has 4 aromatic rings. The maximum atomic E-state index is 11.6. The number of ether oxygens (including phenoxy) is 2. The quantitative estimate of drug-likeness (QED) is 0.388. The fourth-order valence-corrected chi connectivity index (χ4v) is 4.99. The van der Waals surface area contributed by atoms with Crippen LogP contribution in [-0.4, -0.2) is 59.8 Å². The summed E-state index contributed by atoms with van der Waals surface area (Å²) in [6, 6.07) is 17.4. The van der Waals surface area contributed by atoms with Crippen molar-refractivity contribution < 1.29 is 13.9 Å². The first-order valence-corrected chi connectivity index (χ1v) is 12.6. The van der Waals surface area contributed by atoms with Gasteiger partial charge in [-0.2, -0.15) is 0 Å². The van der Waals surface area contributed by atoms with Crippen molar-refractivity contribution in [2.75, 3.05) is 38.1 Å². The van der Waals surface area contributed by atoms with E-state index in [0.29, 0.717) is 23.6 Å². The second-order valence-corrected chi connectivity index (χ2v) is 10.3. The largest absolute Gasteiger partial charge is 0.484 e. The van der Waals surface area contributed by atoms with Crippen molar-refractivity contribution in [3.05, 3.63) is 76.9 Å². The Morgan fingerprint density at radius 3 is 2.54 bits per heavy atom. The zero-order valence-electron chi connectivity index (χ0n) is 21.3. The van der Waals surface area contributed by atoms with Gasteiger partial charge in [0.1, 0.15) is 29.4 Å². The number of piperazine rings is 1. The summed E-state index contributed by atoms with van der Waals surface area (Å²) in [6.45, 7) is 8.21. The average Bonchev–Trinajstić information content (AvgIpc) is 2.89. The normalized spacial score (nSPS) is 19.3. The molecule has 37 heavy (non-hydrogen) atoms. The van der Waals surface area contributed by atoms with E-state index in [9.17, 15) is 4.79 Å². The summed E-state index contributed by atoms with van der Waals surface area (Å²) >= 11 is 0. The van der Waals surface area contributed by atoms with Crippen LogP contribution in [0.1, 0.15) is 19.4 Å². The lowest BCUT2D eigenvalue weighted by atomic mass is 9.90. The second-order valence-electron chi connectivity index (χ2n) is 10.3. The fraction of sp³-hybridized carbons (Fsp3) is 0.345. The third kappa shape index (κ3) is 4.76. The van der Waals surface area contributed by atoms with Gasteiger partial charge in [0.05, 0.1) is 5.69 Å². The van der Waals surface area contributed by atoms with E-state index in [1.165, 1.54) is 11.8 Å². The monoisotopic (exact) mass is 498 g/mol. The lowest BCUT2D eigenvalue weighted by molar-refractivity contribution is -0.0287. The van der Waals surface area contributed by atoms with Gasteiger partial charge in [-0.1, -0.05) is 12.1 Å². The molecule has 8 nitrogen and oxygen atoms in total. The van der Waals surface area contributed by atoms with Gasteiger partial charge in [0, 0.05) is 67.4 Å². The first kappa shape index (κ1) is 23.5. The minimum atomic E-state index is -0.620. The summed E-state index contributed by atoms with van der Waals surface area (Å²) in [7, 11) is 2.16. The molecule has 0 amide bonds. The van der Waals surface area contributed by atoms with Crippen molar-refractivity contribution in [1.29, 1.82) is 0 Å². The maximum Gasteiger partial charge on any atom is 0.336 e. The molecule has 190 valence electrons. The summed E-state index contributed by atoms with van der Waals surface area (Å²) in [6.07, 6.45) is 1.91. The van der Waals surface area contributed by atoms with Gasteiger partial charge in [0.25, 0.3) is 0 Å². The molecule has 0 saturated carbocycles. The Morgan fingerprint density at radius 2 is 1.76 bits per heavy atom. The highest BCUT2D eigenvalue weighted by molar-refractivity contribution is 5.79. The van der Waals surface area contributed by atoms with Crippen LogP contribution in [-0.2, 0) is 6.42 Å². The van der Waals surface area contributed by atoms with Crippen LogP contribution in [0.2, 0.25) is 0 Å². The lowest BCUT2D eigenvalue weighted by Gasteiger charge is -2.39. The zero-order valence-corrected chi connectivity index (χ0v) is 21.3. The van der Waals surface area contributed by atoms with Crippen LogP contribution in [0.3, 0.4) is 0 Å². The standard InChI is InChI=1S/C29H30N4O4/c1-29(2)26(15-21-14-20-6-9-28(34)35-24(20)17-25(21)37-29)36-27-16-23(30-18-31-27)19-4-7-22(8-5-19)33-12-10-32(3)11-13-33/h4-9,14,16-18,26H,10-13,15H2,1-3H3/t26-/m0/s1. The van der Waals surface area contributed by atoms with E-state index < -0.39 is 5.60 Å². The predicted molar refractivity (Wildman–Crippen MR) is 142 cm³/mol. The van der Waals surface area contributed by atoms with Crippen LogP contribution in [0, 0.1) is 0 Å². The van der Waals surface area contributed by atoms with Crippen molar-refractivity contribution in [3.8, 4) is 22.9 Å². The van der Waals surface area contributed by atoms with Gasteiger partial charge in [0.2, 0.25) is 5.88 Å². The van der Waals surface area contributed by atoms with Crippen LogP contribution in [0.4, 0.5) is 5.69 Å². The predicted octanol–water partition coefficient (Wildman–Crippen LogP) is 4.16. The third-order valence-electron chi connectivity index (χ3n) is 7.29. The lowest BCUT2D eigenvalue weighted by Crippen LogP contribution is -2.49. The molecule has 0 radical (unpaired) electrons. The Kier molecular flexibility index (Phi) is 5.83. The van der Waals surface area contributed by atoms with Gasteiger partial charge in [0.15, 0.2) is 0 Å². The summed E-state index contributed by atoms with van der Waals surface area (Å²) in [5.41, 5.74) is 3.57. The van der Waals surface area contributed by atoms with Crippen molar-refractivity contribution in [3.63, 3.8) is 0 Å². The van der Waals surface area contributed by atoms with Gasteiger partial charge >= 0.3 is 5.63 Å². The molecule has 1 fully saturated rings. The smallest absolute Gasteiger partial charge is 0.336 e. The van der Waals surface area contributed by atoms with Gasteiger partial charge in [-0.25, -0.2) is 14.8 Å². The molecule has 4 heterocycles. The highest BCUT2D eigenvalue weighted by Gasteiger charge is 2.39. The van der Waals surface area contributed by atoms with Crippen molar-refractivity contribution in [2.45, 2.75) is 32.0 Å².